The van der Waals surface area contributed by atoms with Crippen molar-refractivity contribution in [3.05, 3.63) is 94.6 Å². The van der Waals surface area contributed by atoms with Crippen LogP contribution in [-0.2, 0) is 13.1 Å². The van der Waals surface area contributed by atoms with E-state index >= 15 is 0 Å². The molecule has 5 nitrogen and oxygen atoms in total. The first-order chi connectivity index (χ1) is 14.7. The van der Waals surface area contributed by atoms with E-state index in [0.29, 0.717) is 18.7 Å². The molecule has 0 amide bonds. The number of aromatic nitrogens is 3. The van der Waals surface area contributed by atoms with E-state index < -0.39 is 0 Å². The van der Waals surface area contributed by atoms with Crippen molar-refractivity contribution in [2.45, 2.75) is 13.1 Å². The van der Waals surface area contributed by atoms with Crippen molar-refractivity contribution in [3.63, 3.8) is 0 Å². The minimum atomic E-state index is 0.583. The molecule has 30 heavy (non-hydrogen) atoms. The Balaban J connectivity index is 1.52. The first kappa shape index (κ1) is 18.3. The van der Waals surface area contributed by atoms with Gasteiger partial charge in [0.1, 0.15) is 0 Å². The summed E-state index contributed by atoms with van der Waals surface area (Å²) in [6, 6.07) is 24.0. The van der Waals surface area contributed by atoms with Crippen LogP contribution in [0.5, 0.6) is 0 Å². The van der Waals surface area contributed by atoms with Gasteiger partial charge in [0.05, 0.1) is 29.2 Å². The largest absolute Gasteiger partial charge is 0.361 e. The molecule has 0 saturated heterocycles. The number of halogens is 1. The van der Waals surface area contributed by atoms with Gasteiger partial charge in [0, 0.05) is 23.3 Å². The zero-order chi connectivity index (χ0) is 20.5. The van der Waals surface area contributed by atoms with Gasteiger partial charge in [-0.15, -0.1) is 0 Å². The van der Waals surface area contributed by atoms with Gasteiger partial charge in [0.15, 0.2) is 0 Å². The number of hydrogen-bond acceptors (Lipinski definition) is 3. The van der Waals surface area contributed by atoms with Crippen molar-refractivity contribution in [2.75, 3.05) is 5.32 Å². The van der Waals surface area contributed by atoms with E-state index in [1.165, 1.54) is 5.39 Å². The maximum Gasteiger partial charge on any atom is 0.204 e. The number of benzene rings is 3. The lowest BCUT2D eigenvalue weighted by Gasteiger charge is -2.12. The summed E-state index contributed by atoms with van der Waals surface area (Å²) in [6.07, 6.45) is 1.94. The lowest BCUT2D eigenvalue weighted by molar-refractivity contribution is 0.822. The second kappa shape index (κ2) is 7.58. The molecule has 0 aliphatic carbocycles. The highest BCUT2D eigenvalue weighted by Crippen LogP contribution is 2.25. The molecular formula is C24H18ClN5. The van der Waals surface area contributed by atoms with Crippen molar-refractivity contribution in [2.24, 2.45) is 0 Å². The topological polar surface area (TPSA) is 69.4 Å². The quantitative estimate of drug-likeness (QED) is 0.389. The van der Waals surface area contributed by atoms with Gasteiger partial charge in [0.25, 0.3) is 0 Å². The number of rotatable bonds is 5. The van der Waals surface area contributed by atoms with E-state index in [2.05, 4.69) is 45.2 Å². The monoisotopic (exact) mass is 411 g/mol. The number of imidazole rings is 1. The highest BCUT2D eigenvalue weighted by Gasteiger charge is 2.13. The molecule has 0 atom stereocenters. The van der Waals surface area contributed by atoms with Crippen LogP contribution in [0.1, 0.15) is 16.7 Å². The predicted molar refractivity (Wildman–Crippen MR) is 121 cm³/mol. The molecule has 0 spiro atoms. The number of fused-ring (bicyclic) bond motifs is 2. The van der Waals surface area contributed by atoms with Crippen molar-refractivity contribution in [1.82, 2.24) is 14.5 Å². The molecule has 6 heteroatoms. The Kier molecular flexibility index (Phi) is 4.62. The first-order valence-corrected chi connectivity index (χ1v) is 10.0. The molecule has 0 saturated carbocycles. The zero-order valence-electron chi connectivity index (χ0n) is 16.1. The standard InChI is InChI=1S/C24H18ClN5/c25-20-4-2-1-3-19(20)15-30-23-8-6-16(13-26)11-22(23)29-24(30)28-14-17-5-7-18-9-10-27-21(18)12-17/h1-12,27H,14-15H2,(H,28,29). The average Bonchev–Trinajstić information content (AvgIpc) is 3.37. The summed E-state index contributed by atoms with van der Waals surface area (Å²) in [5.74, 6) is 0.742. The number of nitriles is 1. The summed E-state index contributed by atoms with van der Waals surface area (Å²) in [4.78, 5) is 8.01. The van der Waals surface area contributed by atoms with Gasteiger partial charge in [0.2, 0.25) is 5.95 Å². The van der Waals surface area contributed by atoms with Crippen molar-refractivity contribution in [3.8, 4) is 6.07 Å². The lowest BCUT2D eigenvalue weighted by Crippen LogP contribution is -2.09. The molecule has 2 aromatic heterocycles. The Morgan fingerprint density at radius 1 is 1.07 bits per heavy atom. The SMILES string of the molecule is N#Cc1ccc2c(c1)nc(NCc1ccc3cc[nH]c3c1)n2Cc1ccccc1Cl. The average molecular weight is 412 g/mol. The van der Waals surface area contributed by atoms with Crippen LogP contribution in [-0.4, -0.2) is 14.5 Å². The summed E-state index contributed by atoms with van der Waals surface area (Å²) in [7, 11) is 0. The summed E-state index contributed by atoms with van der Waals surface area (Å²) < 4.78 is 2.10. The highest BCUT2D eigenvalue weighted by atomic mass is 35.5. The van der Waals surface area contributed by atoms with Crippen LogP contribution in [0.15, 0.2) is 72.9 Å². The molecular weight excluding hydrogens is 394 g/mol. The number of nitrogens with zero attached hydrogens (tertiary/aromatic N) is 3. The van der Waals surface area contributed by atoms with Crippen molar-refractivity contribution < 1.29 is 0 Å². The van der Waals surface area contributed by atoms with Gasteiger partial charge in [-0.1, -0.05) is 41.9 Å². The van der Waals surface area contributed by atoms with Crippen LogP contribution in [0.3, 0.4) is 0 Å². The first-order valence-electron chi connectivity index (χ1n) is 9.65. The fourth-order valence-corrected chi connectivity index (χ4v) is 3.87. The van der Waals surface area contributed by atoms with E-state index in [9.17, 15) is 5.26 Å². The third-order valence-electron chi connectivity index (χ3n) is 5.23. The van der Waals surface area contributed by atoms with Crippen molar-refractivity contribution in [1.29, 1.82) is 5.26 Å². The van der Waals surface area contributed by atoms with E-state index in [4.69, 9.17) is 16.6 Å². The molecule has 0 fully saturated rings. The number of H-pyrrole nitrogens is 1. The summed E-state index contributed by atoms with van der Waals surface area (Å²) in [5.41, 5.74) is 5.60. The predicted octanol–water partition coefficient (Wildman–Crippen LogP) is 5.70. The number of aromatic amines is 1. The molecule has 5 aromatic rings. The third kappa shape index (κ3) is 3.38. The van der Waals surface area contributed by atoms with Gasteiger partial charge >= 0.3 is 0 Å². The second-order valence-corrected chi connectivity index (χ2v) is 7.59. The molecule has 0 aliphatic rings. The van der Waals surface area contributed by atoms with Crippen LogP contribution in [0.25, 0.3) is 21.9 Å². The van der Waals surface area contributed by atoms with Crippen LogP contribution in [0, 0.1) is 11.3 Å². The summed E-state index contributed by atoms with van der Waals surface area (Å²) >= 11 is 6.41. The van der Waals surface area contributed by atoms with Crippen molar-refractivity contribution >= 4 is 39.5 Å². The van der Waals surface area contributed by atoms with E-state index in [1.54, 1.807) is 0 Å². The molecule has 0 aliphatic heterocycles. The maximum absolute atomic E-state index is 9.24. The van der Waals surface area contributed by atoms with Gasteiger partial charge in [-0.3, -0.25) is 0 Å². The Bertz CT molecular complexity index is 1410. The van der Waals surface area contributed by atoms with Crippen LogP contribution in [0.2, 0.25) is 5.02 Å². The Morgan fingerprint density at radius 3 is 2.83 bits per heavy atom. The molecule has 2 N–H and O–H groups in total. The van der Waals surface area contributed by atoms with Gasteiger partial charge in [-0.05, 0) is 52.9 Å². The Hall–Kier alpha value is -3.75. The molecule has 0 unspecified atom stereocenters. The summed E-state index contributed by atoms with van der Waals surface area (Å²) in [6.45, 7) is 1.21. The third-order valence-corrected chi connectivity index (χ3v) is 5.60. The number of anilines is 1. The fraction of sp³-hybridized carbons (Fsp3) is 0.0833. The smallest absolute Gasteiger partial charge is 0.204 e. The van der Waals surface area contributed by atoms with E-state index in [-0.39, 0.29) is 0 Å². The number of nitrogens with one attached hydrogen (secondary N) is 2. The van der Waals surface area contributed by atoms with Crippen LogP contribution in [0.4, 0.5) is 5.95 Å². The summed E-state index contributed by atoms with van der Waals surface area (Å²) in [5, 5.41) is 14.6. The number of hydrogen-bond donors (Lipinski definition) is 2. The molecule has 5 rings (SSSR count). The Labute approximate surface area is 178 Å². The van der Waals surface area contributed by atoms with E-state index in [0.717, 1.165) is 38.6 Å². The molecule has 3 aromatic carbocycles. The molecule has 2 heterocycles. The van der Waals surface area contributed by atoms with Gasteiger partial charge in [-0.2, -0.15) is 5.26 Å². The van der Waals surface area contributed by atoms with Gasteiger partial charge in [-0.25, -0.2) is 4.98 Å². The zero-order valence-corrected chi connectivity index (χ0v) is 16.8. The molecule has 0 radical (unpaired) electrons. The lowest BCUT2D eigenvalue weighted by atomic mass is 10.1. The molecule has 0 bridgehead atoms. The minimum Gasteiger partial charge on any atom is -0.361 e. The second-order valence-electron chi connectivity index (χ2n) is 7.18. The normalized spacial score (nSPS) is 11.1. The highest BCUT2D eigenvalue weighted by molar-refractivity contribution is 6.31. The van der Waals surface area contributed by atoms with E-state index in [1.807, 2.05) is 48.7 Å². The van der Waals surface area contributed by atoms with Gasteiger partial charge < -0.3 is 14.9 Å². The minimum absolute atomic E-state index is 0.583. The Morgan fingerprint density at radius 2 is 1.97 bits per heavy atom. The molecule has 146 valence electrons. The van der Waals surface area contributed by atoms with Crippen LogP contribution >= 0.6 is 11.6 Å². The van der Waals surface area contributed by atoms with Crippen LogP contribution < -0.4 is 5.32 Å². The maximum atomic E-state index is 9.24. The fourth-order valence-electron chi connectivity index (χ4n) is 3.68.